The lowest BCUT2D eigenvalue weighted by Crippen LogP contribution is -3.00. The summed E-state index contributed by atoms with van der Waals surface area (Å²) in [5, 5.41) is 0.0275. The smallest absolute Gasteiger partial charge is 0.380 e. The fourth-order valence-electron chi connectivity index (χ4n) is 1.22. The van der Waals surface area contributed by atoms with Gasteiger partial charge >= 0.3 is 11.9 Å². The topological polar surface area (TPSA) is 90.0 Å². The maximum Gasteiger partial charge on any atom is 0.380 e. The summed E-state index contributed by atoms with van der Waals surface area (Å²) in [5.41, 5.74) is 0. The van der Waals surface area contributed by atoms with Gasteiger partial charge in [-0.2, -0.15) is 0 Å². The van der Waals surface area contributed by atoms with Crippen molar-refractivity contribution in [2.45, 2.75) is 0 Å². The zero-order valence-electron chi connectivity index (χ0n) is 17.1. The van der Waals surface area contributed by atoms with Crippen molar-refractivity contribution in [2.75, 3.05) is 67.4 Å². The molecule has 0 unspecified atom stereocenters. The van der Waals surface area contributed by atoms with E-state index in [0.717, 1.165) is 6.54 Å². The number of alkyl halides is 1. The normalized spacial score (nSPS) is 8.93. The zero-order valence-corrected chi connectivity index (χ0v) is 20.3. The first-order chi connectivity index (χ1) is 12.4. The highest BCUT2D eigenvalue weighted by molar-refractivity contribution is 9.09. The summed E-state index contributed by atoms with van der Waals surface area (Å²) in [6.45, 7) is 1.21. The van der Waals surface area contributed by atoms with Crippen LogP contribution in [0, 0.1) is 24.7 Å². The van der Waals surface area contributed by atoms with Crippen molar-refractivity contribution >= 4 is 39.4 Å². The maximum atomic E-state index is 11.1. The molecule has 0 saturated carbocycles. The minimum absolute atomic E-state index is 0. The van der Waals surface area contributed by atoms with Gasteiger partial charge in [-0.25, -0.2) is 9.59 Å². The Bertz CT molecular complexity index is 564. The third-order valence-corrected chi connectivity index (χ3v) is 2.96. The van der Waals surface area contributed by atoms with Crippen LogP contribution in [0.1, 0.15) is 0 Å². The Kier molecular flexibility index (Phi) is 24.2. The number of hydrogen-bond acceptors (Lipinski definition) is 7. The first-order valence-corrected chi connectivity index (χ1v) is 8.66. The Balaban J connectivity index is -0.000000165. The summed E-state index contributed by atoms with van der Waals surface area (Å²) in [7, 11) is 9.80. The van der Waals surface area contributed by atoms with Crippen LogP contribution >= 0.6 is 15.9 Å². The SMILES string of the molecule is C#CCN(C)C.C#CC[N+](C)(C)CC(=O)C(=O)OC.COC(=O)C(=O)CBr.[Br-]. The van der Waals surface area contributed by atoms with Crippen LogP contribution in [0.4, 0.5) is 0 Å². The number of terminal acetylenes is 2. The monoisotopic (exact) mass is 526 g/mol. The molecule has 0 aromatic rings. The van der Waals surface area contributed by atoms with Crippen LogP contribution in [0.2, 0.25) is 0 Å². The third kappa shape index (κ3) is 22.3. The molecule has 0 aliphatic carbocycles. The molecule has 0 radical (unpaired) electrons. The number of nitrogens with zero attached hydrogens (tertiary/aromatic N) is 2. The minimum Gasteiger partial charge on any atom is -1.00 e. The third-order valence-electron chi connectivity index (χ3n) is 2.45. The molecule has 0 rings (SSSR count). The number of carbonyl (C=O) groups is 4. The number of likely N-dealkylation sites (N-methyl/N-ethyl adjacent to an activating group) is 1. The van der Waals surface area contributed by atoms with Gasteiger partial charge in [-0.1, -0.05) is 21.9 Å². The molecule has 0 bridgehead atoms. The van der Waals surface area contributed by atoms with Crippen molar-refractivity contribution in [3.05, 3.63) is 0 Å². The van der Waals surface area contributed by atoms with Gasteiger partial charge in [-0.15, -0.1) is 12.8 Å². The first-order valence-electron chi connectivity index (χ1n) is 7.54. The quantitative estimate of drug-likeness (QED) is 0.113. The summed E-state index contributed by atoms with van der Waals surface area (Å²) in [5.74, 6) is 2.20. The molecule has 0 aliphatic heterocycles. The van der Waals surface area contributed by atoms with E-state index < -0.39 is 23.5 Å². The number of methoxy groups -OCH3 is 2. The average Bonchev–Trinajstić information content (AvgIpc) is 2.59. The van der Waals surface area contributed by atoms with Crippen molar-refractivity contribution < 1.29 is 50.1 Å². The molecule has 160 valence electrons. The van der Waals surface area contributed by atoms with Gasteiger partial charge < -0.3 is 30.9 Å². The van der Waals surface area contributed by atoms with Gasteiger partial charge in [0.2, 0.25) is 5.78 Å². The average molecular weight is 528 g/mol. The lowest BCUT2D eigenvalue weighted by molar-refractivity contribution is -0.874. The van der Waals surface area contributed by atoms with E-state index in [1.165, 1.54) is 14.2 Å². The minimum atomic E-state index is -0.816. The molecule has 28 heavy (non-hydrogen) atoms. The number of carbonyl (C=O) groups excluding carboxylic acids is 4. The van der Waals surface area contributed by atoms with E-state index in [0.29, 0.717) is 11.0 Å². The Hall–Kier alpha value is -1.72. The number of ketones is 2. The summed E-state index contributed by atoms with van der Waals surface area (Å²) >= 11 is 2.81. The van der Waals surface area contributed by atoms with Gasteiger partial charge in [0.05, 0.1) is 40.2 Å². The van der Waals surface area contributed by atoms with E-state index in [-0.39, 0.29) is 28.9 Å². The van der Waals surface area contributed by atoms with E-state index in [2.05, 4.69) is 37.2 Å². The van der Waals surface area contributed by atoms with E-state index in [9.17, 15) is 19.2 Å². The van der Waals surface area contributed by atoms with Crippen molar-refractivity contribution in [2.24, 2.45) is 0 Å². The summed E-state index contributed by atoms with van der Waals surface area (Å²) in [4.78, 5) is 44.2. The molecule has 0 aliphatic rings. The van der Waals surface area contributed by atoms with Crippen molar-refractivity contribution in [3.8, 4) is 24.7 Å². The second-order valence-corrected chi connectivity index (χ2v) is 6.42. The van der Waals surface area contributed by atoms with Crippen molar-refractivity contribution in [1.29, 1.82) is 0 Å². The lowest BCUT2D eigenvalue weighted by atomic mass is 10.3. The van der Waals surface area contributed by atoms with Crippen LogP contribution in [0.3, 0.4) is 0 Å². The standard InChI is InChI=1S/C9H14NO3.C5H9N.C4H5BrO3.BrH/c1-5-6-10(2,3)7-8(11)9(12)13-4;1-4-5-6(2)3;1-8-4(7)3(6)2-5;/h1H,6-7H2,2-4H3;1H,5H2,2-3H3;2H2,1H3;1H/q+1;;;/p-1. The molecular weight excluding hydrogens is 500 g/mol. The molecule has 0 heterocycles. The molecule has 0 aromatic carbocycles. The van der Waals surface area contributed by atoms with Crippen LogP contribution in [0.25, 0.3) is 0 Å². The van der Waals surface area contributed by atoms with E-state index in [4.69, 9.17) is 12.8 Å². The number of esters is 2. The second-order valence-electron chi connectivity index (χ2n) is 5.86. The van der Waals surface area contributed by atoms with Gasteiger partial charge in [0, 0.05) is 0 Å². The molecular formula is C18H28Br2N2O6. The van der Waals surface area contributed by atoms with Crippen LogP contribution < -0.4 is 17.0 Å². The predicted octanol–water partition coefficient (Wildman–Crippen LogP) is -3.25. The largest absolute Gasteiger partial charge is 1.00 e. The van der Waals surface area contributed by atoms with Crippen LogP contribution in [0.5, 0.6) is 0 Å². The molecule has 0 saturated heterocycles. The summed E-state index contributed by atoms with van der Waals surface area (Å²) < 4.78 is 8.67. The van der Waals surface area contributed by atoms with E-state index in [1.54, 1.807) is 14.1 Å². The molecule has 0 amide bonds. The molecule has 0 spiro atoms. The number of rotatable bonds is 7. The maximum absolute atomic E-state index is 11.1. The molecule has 10 heteroatoms. The first kappa shape index (κ1) is 33.8. The Morgan fingerprint density at radius 2 is 1.39 bits per heavy atom. The number of halogens is 2. The number of hydrogen-bond donors (Lipinski definition) is 0. The zero-order chi connectivity index (χ0) is 22.0. The molecule has 0 aromatic heterocycles. The summed E-state index contributed by atoms with van der Waals surface area (Å²) in [6.07, 6.45) is 10.0. The van der Waals surface area contributed by atoms with Gasteiger partial charge in [-0.05, 0) is 20.0 Å². The Morgan fingerprint density at radius 1 is 0.964 bits per heavy atom. The number of Topliss-reactive ketones (excluding diaryl/α,β-unsaturated/α-hetero) is 2. The molecule has 8 nitrogen and oxygen atoms in total. The second kappa shape index (κ2) is 20.0. The number of quaternary nitrogens is 1. The Labute approximate surface area is 186 Å². The summed E-state index contributed by atoms with van der Waals surface area (Å²) in [6, 6.07) is 0. The fourth-order valence-corrected chi connectivity index (χ4v) is 1.45. The van der Waals surface area contributed by atoms with Gasteiger partial charge in [0.25, 0.3) is 5.78 Å². The highest BCUT2D eigenvalue weighted by Gasteiger charge is 2.24. The lowest BCUT2D eigenvalue weighted by Gasteiger charge is -2.25. The number of ether oxygens (including phenoxy) is 2. The van der Waals surface area contributed by atoms with Crippen molar-refractivity contribution in [1.82, 2.24) is 4.90 Å². The molecule has 0 N–H and O–H groups in total. The van der Waals surface area contributed by atoms with Gasteiger partial charge in [0.15, 0.2) is 6.54 Å². The molecule has 0 atom stereocenters. The van der Waals surface area contributed by atoms with Crippen LogP contribution in [-0.2, 0) is 28.7 Å². The highest BCUT2D eigenvalue weighted by atomic mass is 79.9. The molecule has 0 fully saturated rings. The van der Waals surface area contributed by atoms with Crippen LogP contribution in [0.15, 0.2) is 0 Å². The van der Waals surface area contributed by atoms with E-state index in [1.807, 2.05) is 19.0 Å². The Morgan fingerprint density at radius 3 is 1.61 bits per heavy atom. The predicted molar refractivity (Wildman–Crippen MR) is 106 cm³/mol. The fraction of sp³-hybridized carbons (Fsp3) is 0.556. The van der Waals surface area contributed by atoms with Gasteiger partial charge in [-0.3, -0.25) is 14.5 Å². The highest BCUT2D eigenvalue weighted by Crippen LogP contribution is 1.96. The van der Waals surface area contributed by atoms with Crippen LogP contribution in [-0.4, -0.2) is 100 Å². The van der Waals surface area contributed by atoms with Gasteiger partial charge in [0.1, 0.15) is 6.54 Å². The van der Waals surface area contributed by atoms with Crippen molar-refractivity contribution in [3.63, 3.8) is 0 Å². The van der Waals surface area contributed by atoms with E-state index >= 15 is 0 Å².